The zero-order valence-electron chi connectivity index (χ0n) is 9.38. The number of carboxylic acids is 1. The highest BCUT2D eigenvalue weighted by Crippen LogP contribution is 2.06. The Morgan fingerprint density at radius 3 is 2.94 bits per heavy atom. The first-order valence-corrected chi connectivity index (χ1v) is 5.92. The number of nitrogens with one attached hydrogen (secondary N) is 1. The quantitative estimate of drug-likeness (QED) is 0.734. The summed E-state index contributed by atoms with van der Waals surface area (Å²) >= 11 is 1.49. The highest BCUT2D eigenvalue weighted by atomic mass is 32.1. The molecule has 0 radical (unpaired) electrons. The molecule has 0 spiro atoms. The first kappa shape index (κ1) is 13.6. The predicted octanol–water partition coefficient (Wildman–Crippen LogP) is 0.292. The van der Waals surface area contributed by atoms with E-state index in [1.54, 1.807) is 6.20 Å². The molecule has 0 fully saturated rings. The van der Waals surface area contributed by atoms with E-state index in [-0.39, 0.29) is 12.5 Å². The summed E-state index contributed by atoms with van der Waals surface area (Å²) < 4.78 is 4.69. The molecule has 1 aromatic heterocycles. The summed E-state index contributed by atoms with van der Waals surface area (Å²) in [5, 5.41) is 13.9. The van der Waals surface area contributed by atoms with Gasteiger partial charge in [-0.15, -0.1) is 11.3 Å². The van der Waals surface area contributed by atoms with Crippen LogP contribution in [0, 0.1) is 0 Å². The van der Waals surface area contributed by atoms with Crippen LogP contribution in [0.15, 0.2) is 11.6 Å². The lowest BCUT2D eigenvalue weighted by Crippen LogP contribution is -2.37. The molecule has 1 aromatic rings. The molecule has 2 N–H and O–H groups in total. The van der Waals surface area contributed by atoms with Crippen LogP contribution in [0.5, 0.6) is 0 Å². The number of rotatable bonds is 7. The second kappa shape index (κ2) is 6.97. The van der Waals surface area contributed by atoms with Crippen LogP contribution in [0.2, 0.25) is 0 Å². The molecule has 1 amide bonds. The van der Waals surface area contributed by atoms with Gasteiger partial charge in [0.15, 0.2) is 6.10 Å². The summed E-state index contributed by atoms with van der Waals surface area (Å²) in [5.74, 6) is -1.30. The Bertz CT molecular complexity index is 366. The molecule has 0 saturated carbocycles. The van der Waals surface area contributed by atoms with Gasteiger partial charge in [-0.25, -0.2) is 9.78 Å². The number of aliphatic carboxylic acids is 1. The summed E-state index contributed by atoms with van der Waals surface area (Å²) in [6.07, 6.45) is 1.54. The average Bonchev–Trinajstić information content (AvgIpc) is 2.79. The molecule has 0 aliphatic heterocycles. The standard InChI is InChI=1S/C10H14N2O4S/c1-16-7(10(14)15)6-12-8(13)2-3-9-11-4-5-17-9/h4-5,7H,2-3,6H2,1H3,(H,12,13)(H,14,15). The third-order valence-electron chi connectivity index (χ3n) is 2.09. The smallest absolute Gasteiger partial charge is 0.334 e. The Morgan fingerprint density at radius 1 is 1.65 bits per heavy atom. The Morgan fingerprint density at radius 2 is 2.41 bits per heavy atom. The number of aromatic nitrogens is 1. The van der Waals surface area contributed by atoms with Crippen molar-refractivity contribution in [2.75, 3.05) is 13.7 Å². The van der Waals surface area contributed by atoms with Gasteiger partial charge in [0.25, 0.3) is 0 Å². The molecule has 0 aliphatic carbocycles. The second-order valence-corrected chi connectivity index (χ2v) is 4.27. The van der Waals surface area contributed by atoms with Crippen LogP contribution in [0.4, 0.5) is 0 Å². The predicted molar refractivity (Wildman–Crippen MR) is 61.9 cm³/mol. The molecule has 0 aliphatic rings. The minimum Gasteiger partial charge on any atom is -0.479 e. The van der Waals surface area contributed by atoms with Gasteiger partial charge in [0.2, 0.25) is 5.91 Å². The second-order valence-electron chi connectivity index (χ2n) is 3.29. The summed E-state index contributed by atoms with van der Waals surface area (Å²) in [6, 6.07) is 0. The lowest BCUT2D eigenvalue weighted by molar-refractivity contribution is -0.148. The Balaban J connectivity index is 2.23. The molecule has 94 valence electrons. The fraction of sp³-hybridized carbons (Fsp3) is 0.500. The van der Waals surface area contributed by atoms with E-state index in [0.29, 0.717) is 12.8 Å². The molecule has 0 bridgehead atoms. The Hall–Kier alpha value is -1.47. The number of nitrogens with zero attached hydrogens (tertiary/aromatic N) is 1. The molecule has 6 nitrogen and oxygen atoms in total. The van der Waals surface area contributed by atoms with E-state index in [9.17, 15) is 9.59 Å². The number of methoxy groups -OCH3 is 1. The van der Waals surface area contributed by atoms with Crippen LogP contribution in [0.3, 0.4) is 0 Å². The molecular formula is C10H14N2O4S. The number of hydrogen-bond acceptors (Lipinski definition) is 5. The van der Waals surface area contributed by atoms with Gasteiger partial charge in [0.1, 0.15) is 0 Å². The molecule has 17 heavy (non-hydrogen) atoms. The lowest BCUT2D eigenvalue weighted by atomic mass is 10.3. The van der Waals surface area contributed by atoms with Gasteiger partial charge in [0, 0.05) is 31.5 Å². The van der Waals surface area contributed by atoms with Crippen molar-refractivity contribution in [1.29, 1.82) is 0 Å². The van der Waals surface area contributed by atoms with E-state index in [2.05, 4.69) is 15.0 Å². The maximum absolute atomic E-state index is 11.4. The first-order valence-electron chi connectivity index (χ1n) is 5.04. The molecule has 1 heterocycles. The third kappa shape index (κ3) is 4.92. The van der Waals surface area contributed by atoms with Gasteiger partial charge in [-0.1, -0.05) is 0 Å². The van der Waals surface area contributed by atoms with Crippen LogP contribution in [0.1, 0.15) is 11.4 Å². The number of carbonyl (C=O) groups is 2. The number of aryl methyl sites for hydroxylation is 1. The van der Waals surface area contributed by atoms with Crippen LogP contribution in [-0.2, 0) is 20.7 Å². The van der Waals surface area contributed by atoms with Crippen molar-refractivity contribution in [3.05, 3.63) is 16.6 Å². The van der Waals surface area contributed by atoms with Gasteiger partial charge >= 0.3 is 5.97 Å². The highest BCUT2D eigenvalue weighted by Gasteiger charge is 2.16. The SMILES string of the molecule is COC(CNC(=O)CCc1nccs1)C(=O)O. The highest BCUT2D eigenvalue weighted by molar-refractivity contribution is 7.09. The summed E-state index contributed by atoms with van der Waals surface area (Å²) in [7, 11) is 1.29. The molecule has 0 aromatic carbocycles. The normalized spacial score (nSPS) is 12.1. The van der Waals surface area contributed by atoms with E-state index >= 15 is 0 Å². The zero-order chi connectivity index (χ0) is 12.7. The fourth-order valence-corrected chi connectivity index (χ4v) is 1.78. The number of carboxylic acid groups (broad SMARTS) is 1. The van der Waals surface area contributed by atoms with E-state index < -0.39 is 12.1 Å². The Labute approximate surface area is 103 Å². The van der Waals surface area contributed by atoms with Crippen molar-refractivity contribution in [2.24, 2.45) is 0 Å². The fourth-order valence-electron chi connectivity index (χ4n) is 1.16. The van der Waals surface area contributed by atoms with E-state index in [1.165, 1.54) is 18.4 Å². The topological polar surface area (TPSA) is 88.5 Å². The van der Waals surface area contributed by atoms with Crippen molar-refractivity contribution in [2.45, 2.75) is 18.9 Å². The number of carbonyl (C=O) groups excluding carboxylic acids is 1. The molecule has 1 unspecified atom stereocenters. The van der Waals surface area contributed by atoms with Crippen LogP contribution in [-0.4, -0.2) is 41.7 Å². The van der Waals surface area contributed by atoms with Crippen molar-refractivity contribution < 1.29 is 19.4 Å². The monoisotopic (exact) mass is 258 g/mol. The van der Waals surface area contributed by atoms with Crippen molar-refractivity contribution >= 4 is 23.2 Å². The van der Waals surface area contributed by atoms with Gasteiger partial charge in [-0.2, -0.15) is 0 Å². The zero-order valence-corrected chi connectivity index (χ0v) is 10.2. The van der Waals surface area contributed by atoms with Crippen LogP contribution < -0.4 is 5.32 Å². The lowest BCUT2D eigenvalue weighted by Gasteiger charge is -2.11. The van der Waals surface area contributed by atoms with E-state index in [0.717, 1.165) is 5.01 Å². The van der Waals surface area contributed by atoms with Gasteiger partial charge in [-0.3, -0.25) is 4.79 Å². The van der Waals surface area contributed by atoms with Crippen molar-refractivity contribution in [1.82, 2.24) is 10.3 Å². The molecule has 7 heteroatoms. The maximum atomic E-state index is 11.4. The molecular weight excluding hydrogens is 244 g/mol. The third-order valence-corrected chi connectivity index (χ3v) is 2.93. The number of ether oxygens (including phenoxy) is 1. The Kier molecular flexibility index (Phi) is 5.58. The molecule has 1 rings (SSSR count). The first-order chi connectivity index (χ1) is 8.13. The van der Waals surface area contributed by atoms with Crippen molar-refractivity contribution in [3.63, 3.8) is 0 Å². The van der Waals surface area contributed by atoms with Gasteiger partial charge in [-0.05, 0) is 0 Å². The van der Waals surface area contributed by atoms with Gasteiger partial charge in [0.05, 0.1) is 11.6 Å². The largest absolute Gasteiger partial charge is 0.479 e. The molecule has 1 atom stereocenters. The van der Waals surface area contributed by atoms with E-state index in [1.807, 2.05) is 5.38 Å². The summed E-state index contributed by atoms with van der Waals surface area (Å²) in [5.41, 5.74) is 0. The number of hydrogen-bond donors (Lipinski definition) is 2. The van der Waals surface area contributed by atoms with Crippen molar-refractivity contribution in [3.8, 4) is 0 Å². The number of amides is 1. The van der Waals surface area contributed by atoms with Crippen LogP contribution >= 0.6 is 11.3 Å². The number of thiazole rings is 1. The minimum absolute atomic E-state index is 0.0253. The minimum atomic E-state index is -1.09. The summed E-state index contributed by atoms with van der Waals surface area (Å²) in [4.78, 5) is 26.0. The van der Waals surface area contributed by atoms with Crippen LogP contribution in [0.25, 0.3) is 0 Å². The van der Waals surface area contributed by atoms with Gasteiger partial charge < -0.3 is 15.2 Å². The summed E-state index contributed by atoms with van der Waals surface area (Å²) in [6.45, 7) is -0.0253. The molecule has 0 saturated heterocycles. The average molecular weight is 258 g/mol. The maximum Gasteiger partial charge on any atom is 0.334 e. The van der Waals surface area contributed by atoms with E-state index in [4.69, 9.17) is 5.11 Å².